The molecule has 0 radical (unpaired) electrons. The molecule has 2 heterocycles. The highest BCUT2D eigenvalue weighted by molar-refractivity contribution is 7.12. The van der Waals surface area contributed by atoms with Crippen LogP contribution in [0.2, 0.25) is 0 Å². The van der Waals surface area contributed by atoms with Gasteiger partial charge in [-0.1, -0.05) is 20.8 Å². The maximum Gasteiger partial charge on any atom is 0.161 e. The van der Waals surface area contributed by atoms with Gasteiger partial charge in [-0.15, -0.1) is 11.3 Å². The van der Waals surface area contributed by atoms with Gasteiger partial charge < -0.3 is 10.5 Å². The molecule has 1 atom stereocenters. The van der Waals surface area contributed by atoms with Gasteiger partial charge in [-0.25, -0.2) is 0 Å². The Balaban J connectivity index is 1.90. The topological polar surface area (TPSA) is 79.3 Å². The largest absolute Gasteiger partial charge is 0.497 e. The van der Waals surface area contributed by atoms with Crippen molar-refractivity contribution in [3.8, 4) is 11.8 Å². The first-order valence-electron chi connectivity index (χ1n) is 10.5. The molecule has 0 unspecified atom stereocenters. The number of carbonyl (C=O) groups excluding carboxylic acids is 1. The summed E-state index contributed by atoms with van der Waals surface area (Å²) >= 11 is 1.66. The number of hydrogen-bond acceptors (Lipinski definition) is 6. The number of hydrogen-bond donors (Lipinski definition) is 1. The normalized spacial score (nSPS) is 19.4. The minimum Gasteiger partial charge on any atom is -0.497 e. The van der Waals surface area contributed by atoms with Crippen LogP contribution in [0.1, 0.15) is 55.7 Å². The van der Waals surface area contributed by atoms with Crippen molar-refractivity contribution in [2.75, 3.05) is 12.0 Å². The minimum atomic E-state index is -0.400. The molecule has 160 valence electrons. The van der Waals surface area contributed by atoms with E-state index in [1.165, 1.54) is 4.88 Å². The second kappa shape index (κ2) is 7.90. The number of nitriles is 1. The molecule has 2 aromatic rings. The van der Waals surface area contributed by atoms with Crippen molar-refractivity contribution in [3.05, 3.63) is 68.8 Å². The van der Waals surface area contributed by atoms with Gasteiger partial charge in [-0.2, -0.15) is 5.26 Å². The van der Waals surface area contributed by atoms with Crippen molar-refractivity contribution in [1.82, 2.24) is 0 Å². The number of ketones is 1. The van der Waals surface area contributed by atoms with Gasteiger partial charge in [0.1, 0.15) is 11.6 Å². The number of benzene rings is 1. The number of allylic oxidation sites excluding steroid dienone is 3. The molecule has 1 aliphatic heterocycles. The van der Waals surface area contributed by atoms with Crippen LogP contribution in [0.25, 0.3) is 0 Å². The lowest BCUT2D eigenvalue weighted by atomic mass is 9.78. The predicted molar refractivity (Wildman–Crippen MR) is 124 cm³/mol. The van der Waals surface area contributed by atoms with Crippen LogP contribution in [-0.4, -0.2) is 12.9 Å². The van der Waals surface area contributed by atoms with Gasteiger partial charge in [0, 0.05) is 33.1 Å². The quantitative estimate of drug-likeness (QED) is 0.705. The number of methoxy groups -OCH3 is 1. The van der Waals surface area contributed by atoms with Crippen LogP contribution in [0, 0.1) is 11.3 Å². The SMILES string of the molecule is COc1ccc(N2C(N)=C(C#N)[C@@H](c3ccc(C(C)(C)C)s3)C3=C2CCCC3=O)cc1. The van der Waals surface area contributed by atoms with Crippen LogP contribution in [0.3, 0.4) is 0 Å². The van der Waals surface area contributed by atoms with Gasteiger partial charge in [-0.3, -0.25) is 9.69 Å². The number of nitrogens with two attached hydrogens (primary N) is 1. The van der Waals surface area contributed by atoms with Gasteiger partial charge in [0.15, 0.2) is 5.78 Å². The summed E-state index contributed by atoms with van der Waals surface area (Å²) in [5.41, 5.74) is 9.52. The van der Waals surface area contributed by atoms with Crippen LogP contribution in [-0.2, 0) is 10.2 Å². The smallest absolute Gasteiger partial charge is 0.161 e. The summed E-state index contributed by atoms with van der Waals surface area (Å²) in [4.78, 5) is 17.3. The van der Waals surface area contributed by atoms with Gasteiger partial charge in [0.2, 0.25) is 0 Å². The molecule has 1 aliphatic carbocycles. The number of Topliss-reactive ketones (excluding diaryl/α,β-unsaturated/α-hetero) is 1. The van der Waals surface area contributed by atoms with Crippen molar-refractivity contribution >= 4 is 22.8 Å². The second-order valence-corrected chi connectivity index (χ2v) is 10.1. The molecule has 2 aliphatic rings. The van der Waals surface area contributed by atoms with E-state index in [2.05, 4.69) is 39.0 Å². The van der Waals surface area contributed by atoms with Crippen molar-refractivity contribution in [1.29, 1.82) is 5.26 Å². The number of ether oxygens (including phenoxy) is 1. The number of anilines is 1. The summed E-state index contributed by atoms with van der Waals surface area (Å²) in [6.45, 7) is 6.50. The van der Waals surface area contributed by atoms with E-state index in [0.29, 0.717) is 17.8 Å². The Morgan fingerprint density at radius 1 is 1.16 bits per heavy atom. The molecular formula is C25H27N3O2S. The van der Waals surface area contributed by atoms with Crippen molar-refractivity contribution in [2.24, 2.45) is 5.73 Å². The zero-order valence-electron chi connectivity index (χ0n) is 18.4. The summed E-state index contributed by atoms with van der Waals surface area (Å²) in [6, 6.07) is 14.0. The lowest BCUT2D eigenvalue weighted by Gasteiger charge is -2.39. The molecule has 4 rings (SSSR count). The second-order valence-electron chi connectivity index (χ2n) is 8.97. The van der Waals surface area contributed by atoms with E-state index in [4.69, 9.17) is 10.5 Å². The Bertz CT molecular complexity index is 1130. The fourth-order valence-electron chi connectivity index (χ4n) is 4.31. The molecular weight excluding hydrogens is 406 g/mol. The maximum atomic E-state index is 13.2. The highest BCUT2D eigenvalue weighted by atomic mass is 32.1. The first kappa shape index (κ1) is 21.2. The van der Waals surface area contributed by atoms with Gasteiger partial charge in [-0.05, 0) is 54.7 Å². The molecule has 6 heteroatoms. The maximum absolute atomic E-state index is 13.2. The average Bonchev–Trinajstić information content (AvgIpc) is 3.24. The fraction of sp³-hybridized carbons (Fsp3) is 0.360. The Hall–Kier alpha value is -3.04. The molecule has 1 aromatic carbocycles. The fourth-order valence-corrected chi connectivity index (χ4v) is 5.49. The van der Waals surface area contributed by atoms with E-state index < -0.39 is 5.92 Å². The molecule has 0 saturated carbocycles. The number of rotatable bonds is 3. The molecule has 0 amide bonds. The van der Waals surface area contributed by atoms with Crippen LogP contribution in [0.4, 0.5) is 5.69 Å². The van der Waals surface area contributed by atoms with Crippen LogP contribution in [0.15, 0.2) is 59.1 Å². The Morgan fingerprint density at radius 3 is 2.45 bits per heavy atom. The third-order valence-electron chi connectivity index (χ3n) is 5.89. The summed E-state index contributed by atoms with van der Waals surface area (Å²) in [6.07, 6.45) is 2.03. The third kappa shape index (κ3) is 3.64. The number of thiophene rings is 1. The Kier molecular flexibility index (Phi) is 5.40. The molecule has 1 aromatic heterocycles. The predicted octanol–water partition coefficient (Wildman–Crippen LogP) is 5.36. The lowest BCUT2D eigenvalue weighted by molar-refractivity contribution is -0.116. The molecule has 0 bridgehead atoms. The summed E-state index contributed by atoms with van der Waals surface area (Å²) < 4.78 is 5.28. The van der Waals surface area contributed by atoms with E-state index in [-0.39, 0.29) is 11.2 Å². The van der Waals surface area contributed by atoms with E-state index in [1.807, 2.05) is 29.2 Å². The van der Waals surface area contributed by atoms with Gasteiger partial charge in [0.05, 0.1) is 24.7 Å². The van der Waals surface area contributed by atoms with Crippen molar-refractivity contribution in [3.63, 3.8) is 0 Å². The van der Waals surface area contributed by atoms with Gasteiger partial charge in [0.25, 0.3) is 0 Å². The summed E-state index contributed by atoms with van der Waals surface area (Å²) in [7, 11) is 1.62. The zero-order valence-corrected chi connectivity index (χ0v) is 19.2. The molecule has 2 N–H and O–H groups in total. The van der Waals surface area contributed by atoms with Crippen LogP contribution < -0.4 is 15.4 Å². The van der Waals surface area contributed by atoms with Crippen molar-refractivity contribution < 1.29 is 9.53 Å². The molecule has 0 spiro atoms. The molecule has 0 fully saturated rings. The average molecular weight is 434 g/mol. The number of carbonyl (C=O) groups is 1. The summed E-state index contributed by atoms with van der Waals surface area (Å²) in [5, 5.41) is 10.1. The molecule has 5 nitrogen and oxygen atoms in total. The van der Waals surface area contributed by atoms with E-state index in [0.717, 1.165) is 40.4 Å². The van der Waals surface area contributed by atoms with Crippen LogP contribution >= 0.6 is 11.3 Å². The van der Waals surface area contributed by atoms with E-state index >= 15 is 0 Å². The zero-order chi connectivity index (χ0) is 22.3. The first-order chi connectivity index (χ1) is 14.8. The minimum absolute atomic E-state index is 0.00254. The molecule has 31 heavy (non-hydrogen) atoms. The first-order valence-corrected chi connectivity index (χ1v) is 11.3. The third-order valence-corrected chi connectivity index (χ3v) is 7.47. The number of nitrogens with zero attached hydrogens (tertiary/aromatic N) is 2. The van der Waals surface area contributed by atoms with Gasteiger partial charge >= 0.3 is 0 Å². The Labute approximate surface area is 187 Å². The van der Waals surface area contributed by atoms with E-state index in [1.54, 1.807) is 18.4 Å². The Morgan fingerprint density at radius 2 is 1.87 bits per heavy atom. The lowest BCUT2D eigenvalue weighted by Crippen LogP contribution is -2.38. The van der Waals surface area contributed by atoms with Crippen molar-refractivity contribution in [2.45, 2.75) is 51.4 Å². The summed E-state index contributed by atoms with van der Waals surface area (Å²) in [5.74, 6) is 0.847. The molecule has 0 saturated heterocycles. The standard InChI is InChI=1S/C25H27N3O2S/c1-25(2,3)21-13-12-20(31-21)22-17(14-26)24(27)28(15-8-10-16(30-4)11-9-15)18-6-5-7-19(29)23(18)22/h8-13,22H,5-7,27H2,1-4H3/t22-/m0/s1. The van der Waals surface area contributed by atoms with Crippen LogP contribution in [0.5, 0.6) is 5.75 Å². The monoisotopic (exact) mass is 433 g/mol. The highest BCUT2D eigenvalue weighted by Gasteiger charge is 2.41. The van der Waals surface area contributed by atoms with E-state index in [9.17, 15) is 10.1 Å². The highest BCUT2D eigenvalue weighted by Crippen LogP contribution is 2.48.